The third-order valence-corrected chi connectivity index (χ3v) is 1.11. The SMILES string of the molecule is CN(C)C=O.C[N+](C)=COS(=O)(=O)Cl.O=S(=O)(Cl)Cl.[Cl-]. The Bertz CT molecular complexity index is 464. The Balaban J connectivity index is -0.000000101. The maximum atomic E-state index is 10.0. The maximum Gasteiger partial charge on any atom is 0.405 e. The monoisotopic (exact) mass is 414 g/mol. The molecule has 0 heterocycles. The number of hydrogen-bond acceptors (Lipinski definition) is 6. The van der Waals surface area contributed by atoms with Gasteiger partial charge >= 0.3 is 24.0 Å². The molecular formula is C6H14Cl4N2O6S2. The van der Waals surface area contributed by atoms with Crippen molar-refractivity contribution in [1.29, 1.82) is 0 Å². The zero-order chi connectivity index (χ0) is 16.3. The van der Waals surface area contributed by atoms with E-state index in [9.17, 15) is 13.2 Å². The Morgan fingerprint density at radius 2 is 1.30 bits per heavy atom. The molecule has 0 aliphatic rings. The van der Waals surface area contributed by atoms with Crippen LogP contribution in [0, 0.1) is 0 Å². The van der Waals surface area contributed by atoms with Crippen LogP contribution in [0.2, 0.25) is 0 Å². The molecule has 0 bridgehead atoms. The van der Waals surface area contributed by atoms with Crippen LogP contribution in [0.5, 0.6) is 0 Å². The van der Waals surface area contributed by atoms with E-state index in [4.69, 9.17) is 8.42 Å². The summed E-state index contributed by atoms with van der Waals surface area (Å²) in [5.41, 5.74) is 0. The van der Waals surface area contributed by atoms with Crippen LogP contribution in [-0.4, -0.2) is 67.3 Å². The Morgan fingerprint density at radius 3 is 1.35 bits per heavy atom. The minimum Gasteiger partial charge on any atom is -1.00 e. The van der Waals surface area contributed by atoms with Crippen LogP contribution in [0.1, 0.15) is 0 Å². The van der Waals surface area contributed by atoms with E-state index in [1.54, 1.807) is 28.2 Å². The fourth-order valence-electron chi connectivity index (χ4n) is 0.137. The summed E-state index contributed by atoms with van der Waals surface area (Å²) in [5, 5.41) is 0. The molecule has 0 rings (SSSR count). The molecule has 0 aromatic rings. The smallest absolute Gasteiger partial charge is 0.405 e. The van der Waals surface area contributed by atoms with Gasteiger partial charge in [0, 0.05) is 35.5 Å². The van der Waals surface area contributed by atoms with Crippen LogP contribution in [0.15, 0.2) is 0 Å². The Labute approximate surface area is 138 Å². The summed E-state index contributed by atoms with van der Waals surface area (Å²) in [4.78, 5) is 10.9. The quantitative estimate of drug-likeness (QED) is 0.162. The van der Waals surface area contributed by atoms with Gasteiger partial charge in [-0.3, -0.25) is 4.79 Å². The molecule has 0 aromatic carbocycles. The molecule has 20 heavy (non-hydrogen) atoms. The van der Waals surface area contributed by atoms with Crippen molar-refractivity contribution in [2.24, 2.45) is 0 Å². The number of carbonyl (C=O) groups excluding carboxylic acids is 1. The highest BCUT2D eigenvalue weighted by Crippen LogP contribution is 1.98. The van der Waals surface area contributed by atoms with Gasteiger partial charge in [0.2, 0.25) is 6.41 Å². The van der Waals surface area contributed by atoms with Crippen LogP contribution in [0.3, 0.4) is 0 Å². The van der Waals surface area contributed by atoms with Gasteiger partial charge in [-0.1, -0.05) is 0 Å². The van der Waals surface area contributed by atoms with Crippen molar-refractivity contribution in [3.05, 3.63) is 0 Å². The van der Waals surface area contributed by atoms with Gasteiger partial charge in [-0.05, 0) is 0 Å². The molecule has 8 nitrogen and oxygen atoms in total. The van der Waals surface area contributed by atoms with Crippen LogP contribution >= 0.6 is 32.0 Å². The first-order valence-corrected chi connectivity index (χ1v) is 9.44. The minimum atomic E-state index is -3.84. The second-order valence-corrected chi connectivity index (χ2v) is 8.79. The van der Waals surface area contributed by atoms with Crippen molar-refractivity contribution in [1.82, 2.24) is 4.90 Å². The molecule has 14 heteroatoms. The van der Waals surface area contributed by atoms with Crippen molar-refractivity contribution in [2.45, 2.75) is 0 Å². The van der Waals surface area contributed by atoms with Crippen LogP contribution in [-0.2, 0) is 26.6 Å². The second-order valence-electron chi connectivity index (χ2n) is 3.01. The van der Waals surface area contributed by atoms with Gasteiger partial charge < -0.3 is 21.5 Å². The summed E-state index contributed by atoms with van der Waals surface area (Å²) in [7, 11) is 12.2. The molecule has 124 valence electrons. The average Bonchev–Trinajstić information content (AvgIpc) is 2.12. The molecule has 0 atom stereocenters. The molecule has 0 unspecified atom stereocenters. The van der Waals surface area contributed by atoms with Gasteiger partial charge in [0.1, 0.15) is 14.1 Å². The van der Waals surface area contributed by atoms with E-state index in [1.165, 1.54) is 9.48 Å². The highest BCUT2D eigenvalue weighted by Gasteiger charge is 2.03. The molecular weight excluding hydrogens is 402 g/mol. The largest absolute Gasteiger partial charge is 1.00 e. The van der Waals surface area contributed by atoms with E-state index in [-0.39, 0.29) is 12.4 Å². The van der Waals surface area contributed by atoms with E-state index >= 15 is 0 Å². The average molecular weight is 416 g/mol. The summed E-state index contributed by atoms with van der Waals surface area (Å²) in [5.74, 6) is 0. The summed E-state index contributed by atoms with van der Waals surface area (Å²) in [6.45, 7) is 0. The fraction of sp³-hybridized carbons (Fsp3) is 0.667. The lowest BCUT2D eigenvalue weighted by Crippen LogP contribution is -3.00. The third-order valence-electron chi connectivity index (χ3n) is 0.580. The molecule has 0 saturated heterocycles. The molecule has 0 saturated carbocycles. The first kappa shape index (κ1) is 28.2. The van der Waals surface area contributed by atoms with Gasteiger partial charge in [-0.25, -0.2) is 4.58 Å². The van der Waals surface area contributed by atoms with Crippen LogP contribution in [0.4, 0.5) is 0 Å². The molecule has 0 aliphatic carbocycles. The number of nitrogens with zero attached hydrogens (tertiary/aromatic N) is 2. The van der Waals surface area contributed by atoms with E-state index in [1.807, 2.05) is 0 Å². The molecule has 0 N–H and O–H groups in total. The van der Waals surface area contributed by atoms with Gasteiger partial charge in [-0.2, -0.15) is 16.8 Å². The van der Waals surface area contributed by atoms with E-state index < -0.39 is 17.6 Å². The van der Waals surface area contributed by atoms with Crippen molar-refractivity contribution in [2.75, 3.05) is 28.2 Å². The zero-order valence-corrected chi connectivity index (χ0v) is 15.5. The Hall–Kier alpha value is -0.000000000000000111. The molecule has 0 aliphatic heterocycles. The molecule has 0 radical (unpaired) electrons. The fourth-order valence-corrected chi connectivity index (χ4v) is 0.510. The van der Waals surface area contributed by atoms with Gasteiger partial charge in [0.25, 0.3) is 0 Å². The predicted molar refractivity (Wildman–Crippen MR) is 74.4 cm³/mol. The highest BCUT2D eigenvalue weighted by molar-refractivity contribution is 8.31. The van der Waals surface area contributed by atoms with E-state index in [0.717, 1.165) is 12.8 Å². The second kappa shape index (κ2) is 14.0. The third kappa shape index (κ3) is 81.3. The first-order chi connectivity index (χ1) is 8.19. The molecule has 0 aromatic heterocycles. The van der Waals surface area contributed by atoms with Crippen molar-refractivity contribution < 1.29 is 42.8 Å². The van der Waals surface area contributed by atoms with Gasteiger partial charge in [0.15, 0.2) is 0 Å². The Kier molecular flexibility index (Phi) is 19.7. The zero-order valence-electron chi connectivity index (χ0n) is 10.8. The lowest BCUT2D eigenvalue weighted by molar-refractivity contribution is -0.466. The highest BCUT2D eigenvalue weighted by atomic mass is 36.0. The summed E-state index contributed by atoms with van der Waals surface area (Å²) >= 11 is 0. The topological polar surface area (TPSA) is 101 Å². The number of hydrogen-bond donors (Lipinski definition) is 0. The number of amides is 1. The van der Waals surface area contributed by atoms with Gasteiger partial charge in [-0.15, -0.1) is 0 Å². The molecule has 0 spiro atoms. The van der Waals surface area contributed by atoms with Crippen LogP contribution < -0.4 is 12.4 Å². The molecule has 0 fully saturated rings. The van der Waals surface area contributed by atoms with Crippen molar-refractivity contribution >= 4 is 62.5 Å². The standard InChI is InChI=1S/C3H7ClNO3S.C3H7NO.Cl2O2S.ClH/c1-5(2)3-8-9(4,6)7;1-4(2)3-5;1-5(2,3)4;/h3H,1-2H3;3H,1-2H3;;1H/q+1;;;/p-1. The maximum absolute atomic E-state index is 10.0. The van der Waals surface area contributed by atoms with Gasteiger partial charge in [0.05, 0.1) is 10.7 Å². The van der Waals surface area contributed by atoms with Crippen molar-refractivity contribution in [3.8, 4) is 0 Å². The predicted octanol–water partition coefficient (Wildman–Crippen LogP) is -2.80. The number of carbonyl (C=O) groups is 1. The first-order valence-electron chi connectivity index (χ1n) is 4.07. The normalized spacial score (nSPS) is 9.35. The lowest BCUT2D eigenvalue weighted by Gasteiger charge is -1.93. The minimum absolute atomic E-state index is 0. The van der Waals surface area contributed by atoms with E-state index in [2.05, 4.69) is 36.2 Å². The number of rotatable bonds is 3. The van der Waals surface area contributed by atoms with E-state index in [0.29, 0.717) is 0 Å². The summed E-state index contributed by atoms with van der Waals surface area (Å²) in [6.07, 6.45) is 1.74. The number of halogens is 4. The summed E-state index contributed by atoms with van der Waals surface area (Å²) < 4.78 is 43.8. The Morgan fingerprint density at radius 1 is 1.05 bits per heavy atom. The van der Waals surface area contributed by atoms with Crippen molar-refractivity contribution in [3.63, 3.8) is 0 Å². The summed E-state index contributed by atoms with van der Waals surface area (Å²) in [6, 6.07) is 0. The lowest BCUT2D eigenvalue weighted by atomic mass is 11.0. The van der Waals surface area contributed by atoms with Crippen LogP contribution in [0.25, 0.3) is 0 Å². The molecule has 1 amide bonds.